The third-order valence-electron chi connectivity index (χ3n) is 2.68. The first-order valence-corrected chi connectivity index (χ1v) is 6.02. The predicted octanol–water partition coefficient (Wildman–Crippen LogP) is 5.02. The minimum Gasteiger partial charge on any atom is -0.0837 e. The Labute approximate surface area is 98.0 Å². The van der Waals surface area contributed by atoms with Crippen LogP contribution in [-0.2, 0) is 6.42 Å². The first kappa shape index (κ1) is 12.3. The molecule has 0 nitrogen and oxygen atoms in total. The van der Waals surface area contributed by atoms with E-state index in [-0.39, 0.29) is 0 Å². The van der Waals surface area contributed by atoms with E-state index in [0.717, 1.165) is 24.3 Å². The molecular weight excluding hydrogens is 204 g/mol. The zero-order valence-corrected chi connectivity index (χ0v) is 10.6. The molecule has 0 saturated carbocycles. The maximum absolute atomic E-state index is 6.38. The summed E-state index contributed by atoms with van der Waals surface area (Å²) in [5.41, 5.74) is 3.83. The number of allylic oxidation sites excluding steroid dienone is 1. The lowest BCUT2D eigenvalue weighted by Gasteiger charge is -2.09. The molecule has 0 amide bonds. The fourth-order valence-corrected chi connectivity index (χ4v) is 1.92. The SMILES string of the molecule is CCCc1ccccc1/C(Cl)=C(\C)CC. The third kappa shape index (κ3) is 3.10. The quantitative estimate of drug-likeness (QED) is 0.671. The number of hydrogen-bond acceptors (Lipinski definition) is 0. The Hall–Kier alpha value is -0.750. The van der Waals surface area contributed by atoms with Gasteiger partial charge in [0.25, 0.3) is 0 Å². The van der Waals surface area contributed by atoms with Gasteiger partial charge in [-0.3, -0.25) is 0 Å². The van der Waals surface area contributed by atoms with Gasteiger partial charge in [-0.1, -0.05) is 61.7 Å². The average Bonchev–Trinajstić information content (AvgIpc) is 2.28. The van der Waals surface area contributed by atoms with Crippen molar-refractivity contribution in [2.75, 3.05) is 0 Å². The molecule has 0 radical (unpaired) electrons. The molecule has 0 atom stereocenters. The minimum absolute atomic E-state index is 0.932. The summed E-state index contributed by atoms with van der Waals surface area (Å²) >= 11 is 6.38. The fraction of sp³-hybridized carbons (Fsp3) is 0.429. The van der Waals surface area contributed by atoms with Gasteiger partial charge in [0.1, 0.15) is 0 Å². The van der Waals surface area contributed by atoms with E-state index < -0.39 is 0 Å². The standard InChI is InChI=1S/C14H19Cl/c1-4-8-12-9-6-7-10-13(12)14(15)11(3)5-2/h6-7,9-10H,4-5,8H2,1-3H3/b14-11-. The summed E-state index contributed by atoms with van der Waals surface area (Å²) in [6.45, 7) is 6.44. The zero-order valence-electron chi connectivity index (χ0n) is 9.81. The van der Waals surface area contributed by atoms with E-state index in [1.165, 1.54) is 16.7 Å². The van der Waals surface area contributed by atoms with Gasteiger partial charge in [-0.2, -0.15) is 0 Å². The lowest BCUT2D eigenvalue weighted by atomic mass is 10.0. The second kappa shape index (κ2) is 5.97. The molecule has 0 fully saturated rings. The van der Waals surface area contributed by atoms with Crippen LogP contribution in [0.5, 0.6) is 0 Å². The molecule has 0 aromatic heterocycles. The van der Waals surface area contributed by atoms with Crippen molar-refractivity contribution in [2.24, 2.45) is 0 Å². The first-order valence-electron chi connectivity index (χ1n) is 5.64. The van der Waals surface area contributed by atoms with Crippen LogP contribution in [0.25, 0.3) is 5.03 Å². The normalized spacial score (nSPS) is 12.5. The second-order valence-electron chi connectivity index (χ2n) is 3.86. The molecule has 0 aliphatic rings. The van der Waals surface area contributed by atoms with Crippen LogP contribution in [0.15, 0.2) is 29.8 Å². The van der Waals surface area contributed by atoms with Crippen LogP contribution in [0.4, 0.5) is 0 Å². The molecule has 1 aromatic carbocycles. The zero-order chi connectivity index (χ0) is 11.3. The highest BCUT2D eigenvalue weighted by Gasteiger charge is 2.06. The Bertz CT molecular complexity index is 350. The minimum atomic E-state index is 0.932. The van der Waals surface area contributed by atoms with Gasteiger partial charge in [-0.15, -0.1) is 0 Å². The Morgan fingerprint density at radius 1 is 1.20 bits per heavy atom. The largest absolute Gasteiger partial charge is 0.0837 e. The van der Waals surface area contributed by atoms with Crippen molar-refractivity contribution in [1.82, 2.24) is 0 Å². The van der Waals surface area contributed by atoms with Crippen LogP contribution in [0.3, 0.4) is 0 Å². The van der Waals surface area contributed by atoms with E-state index >= 15 is 0 Å². The molecule has 0 unspecified atom stereocenters. The molecule has 1 aromatic rings. The molecule has 82 valence electrons. The van der Waals surface area contributed by atoms with Gasteiger partial charge in [0.15, 0.2) is 0 Å². The fourth-order valence-electron chi connectivity index (χ4n) is 1.61. The summed E-state index contributed by atoms with van der Waals surface area (Å²) < 4.78 is 0. The van der Waals surface area contributed by atoms with Gasteiger partial charge in [0, 0.05) is 5.03 Å². The first-order chi connectivity index (χ1) is 7.20. The van der Waals surface area contributed by atoms with Gasteiger partial charge in [0.05, 0.1) is 0 Å². The monoisotopic (exact) mass is 222 g/mol. The number of rotatable bonds is 4. The van der Waals surface area contributed by atoms with E-state index in [9.17, 15) is 0 Å². The Morgan fingerprint density at radius 2 is 1.87 bits per heavy atom. The Morgan fingerprint density at radius 3 is 2.47 bits per heavy atom. The summed E-state index contributed by atoms with van der Waals surface area (Å²) in [5.74, 6) is 0. The molecule has 1 rings (SSSR count). The van der Waals surface area contributed by atoms with Crippen molar-refractivity contribution >= 4 is 16.6 Å². The molecule has 0 aliphatic heterocycles. The highest BCUT2D eigenvalue weighted by atomic mass is 35.5. The smallest absolute Gasteiger partial charge is 0.0470 e. The van der Waals surface area contributed by atoms with Crippen molar-refractivity contribution in [2.45, 2.75) is 40.0 Å². The lowest BCUT2D eigenvalue weighted by Crippen LogP contribution is -1.91. The van der Waals surface area contributed by atoms with E-state index in [0.29, 0.717) is 0 Å². The van der Waals surface area contributed by atoms with Crippen LogP contribution in [0.1, 0.15) is 44.7 Å². The summed E-state index contributed by atoms with van der Waals surface area (Å²) in [7, 11) is 0. The number of halogens is 1. The number of benzene rings is 1. The highest BCUT2D eigenvalue weighted by Crippen LogP contribution is 2.28. The lowest BCUT2D eigenvalue weighted by molar-refractivity contribution is 0.918. The molecular formula is C14H19Cl. The topological polar surface area (TPSA) is 0 Å². The molecule has 15 heavy (non-hydrogen) atoms. The van der Waals surface area contributed by atoms with E-state index in [1.807, 2.05) is 0 Å². The van der Waals surface area contributed by atoms with Crippen molar-refractivity contribution < 1.29 is 0 Å². The van der Waals surface area contributed by atoms with Crippen molar-refractivity contribution in [3.05, 3.63) is 41.0 Å². The van der Waals surface area contributed by atoms with Crippen LogP contribution >= 0.6 is 11.6 Å². The summed E-state index contributed by atoms with van der Waals surface area (Å²) in [6.07, 6.45) is 3.27. The maximum Gasteiger partial charge on any atom is 0.0470 e. The van der Waals surface area contributed by atoms with Crippen molar-refractivity contribution in [3.8, 4) is 0 Å². The second-order valence-corrected chi connectivity index (χ2v) is 4.23. The average molecular weight is 223 g/mol. The van der Waals surface area contributed by atoms with Gasteiger partial charge >= 0.3 is 0 Å². The highest BCUT2D eigenvalue weighted by molar-refractivity contribution is 6.49. The molecule has 1 heteroatoms. The van der Waals surface area contributed by atoms with E-state index in [2.05, 4.69) is 45.0 Å². The Kier molecular flexibility index (Phi) is 4.90. The molecule has 0 heterocycles. The Balaban J connectivity index is 3.13. The molecule has 0 saturated heterocycles. The summed E-state index contributed by atoms with van der Waals surface area (Å²) in [4.78, 5) is 0. The van der Waals surface area contributed by atoms with Crippen LogP contribution in [-0.4, -0.2) is 0 Å². The predicted molar refractivity (Wildman–Crippen MR) is 69.2 cm³/mol. The maximum atomic E-state index is 6.38. The molecule has 0 spiro atoms. The van der Waals surface area contributed by atoms with Crippen LogP contribution < -0.4 is 0 Å². The van der Waals surface area contributed by atoms with E-state index in [1.54, 1.807) is 0 Å². The molecule has 0 aliphatic carbocycles. The van der Waals surface area contributed by atoms with Crippen LogP contribution in [0, 0.1) is 0 Å². The molecule has 0 N–H and O–H groups in total. The van der Waals surface area contributed by atoms with Gasteiger partial charge < -0.3 is 0 Å². The molecule has 0 bridgehead atoms. The van der Waals surface area contributed by atoms with Gasteiger partial charge in [-0.25, -0.2) is 0 Å². The summed E-state index contributed by atoms with van der Waals surface area (Å²) in [6, 6.07) is 8.43. The van der Waals surface area contributed by atoms with Crippen molar-refractivity contribution in [3.63, 3.8) is 0 Å². The van der Waals surface area contributed by atoms with Gasteiger partial charge in [0.2, 0.25) is 0 Å². The van der Waals surface area contributed by atoms with E-state index in [4.69, 9.17) is 11.6 Å². The summed E-state index contributed by atoms with van der Waals surface area (Å²) in [5, 5.41) is 0.932. The van der Waals surface area contributed by atoms with Crippen molar-refractivity contribution in [1.29, 1.82) is 0 Å². The van der Waals surface area contributed by atoms with Gasteiger partial charge in [-0.05, 0) is 30.9 Å². The third-order valence-corrected chi connectivity index (χ3v) is 3.20. The number of aryl methyl sites for hydroxylation is 1. The van der Waals surface area contributed by atoms with Crippen LogP contribution in [0.2, 0.25) is 0 Å². The number of hydrogen-bond donors (Lipinski definition) is 0.